The highest BCUT2D eigenvalue weighted by atomic mass is 79.9. The number of benzene rings is 2. The number of nitrogens with one attached hydrogen (secondary N) is 1. The predicted molar refractivity (Wildman–Crippen MR) is 85.8 cm³/mol. The standard InChI is InChI=1S/C17H15BrFNO/c1-2-20-17(11-4-3-5-13(18)8-11)16-10-12-9-14(19)6-7-15(12)21-16/h3-10,17,20H,2H2,1H3. The highest BCUT2D eigenvalue weighted by Crippen LogP contribution is 2.29. The zero-order valence-electron chi connectivity index (χ0n) is 11.6. The van der Waals surface area contributed by atoms with E-state index < -0.39 is 0 Å². The van der Waals surface area contributed by atoms with E-state index in [-0.39, 0.29) is 11.9 Å². The highest BCUT2D eigenvalue weighted by Gasteiger charge is 2.18. The summed E-state index contributed by atoms with van der Waals surface area (Å²) < 4.78 is 20.2. The Morgan fingerprint density at radius 2 is 2.05 bits per heavy atom. The summed E-state index contributed by atoms with van der Waals surface area (Å²) in [5.41, 5.74) is 1.80. The molecule has 3 rings (SSSR count). The molecule has 108 valence electrons. The first-order chi connectivity index (χ1) is 10.2. The van der Waals surface area contributed by atoms with Gasteiger partial charge in [-0.05, 0) is 48.5 Å². The quantitative estimate of drug-likeness (QED) is 0.715. The summed E-state index contributed by atoms with van der Waals surface area (Å²) in [6, 6.07) is 14.5. The molecule has 0 spiro atoms. The van der Waals surface area contributed by atoms with Crippen molar-refractivity contribution in [1.29, 1.82) is 0 Å². The van der Waals surface area contributed by atoms with E-state index in [0.717, 1.165) is 27.7 Å². The Labute approximate surface area is 131 Å². The van der Waals surface area contributed by atoms with Gasteiger partial charge in [0, 0.05) is 9.86 Å². The summed E-state index contributed by atoms with van der Waals surface area (Å²) >= 11 is 3.49. The van der Waals surface area contributed by atoms with Crippen molar-refractivity contribution in [2.24, 2.45) is 0 Å². The van der Waals surface area contributed by atoms with Crippen LogP contribution in [0.1, 0.15) is 24.3 Å². The summed E-state index contributed by atoms with van der Waals surface area (Å²) in [6.45, 7) is 2.86. The average Bonchev–Trinajstić information content (AvgIpc) is 2.87. The van der Waals surface area contributed by atoms with Crippen LogP contribution in [-0.2, 0) is 0 Å². The molecule has 1 atom stereocenters. The van der Waals surface area contributed by atoms with E-state index in [1.807, 2.05) is 31.2 Å². The molecule has 3 aromatic rings. The van der Waals surface area contributed by atoms with Crippen molar-refractivity contribution in [2.45, 2.75) is 13.0 Å². The molecule has 1 N–H and O–H groups in total. The van der Waals surface area contributed by atoms with Gasteiger partial charge in [0.2, 0.25) is 0 Å². The second-order valence-electron chi connectivity index (χ2n) is 4.88. The van der Waals surface area contributed by atoms with E-state index in [9.17, 15) is 4.39 Å². The van der Waals surface area contributed by atoms with Crippen LogP contribution in [0.5, 0.6) is 0 Å². The summed E-state index contributed by atoms with van der Waals surface area (Å²) in [6.07, 6.45) is 0. The predicted octanol–water partition coefficient (Wildman–Crippen LogP) is 5.03. The molecule has 2 aromatic carbocycles. The van der Waals surface area contributed by atoms with Gasteiger partial charge in [-0.25, -0.2) is 4.39 Å². The van der Waals surface area contributed by atoms with Gasteiger partial charge in [0.25, 0.3) is 0 Å². The van der Waals surface area contributed by atoms with Gasteiger partial charge in [0.1, 0.15) is 17.2 Å². The third-order valence-corrected chi connectivity index (χ3v) is 3.87. The Bertz CT molecular complexity index is 768. The van der Waals surface area contributed by atoms with Crippen molar-refractivity contribution in [1.82, 2.24) is 5.32 Å². The molecule has 1 heterocycles. The lowest BCUT2D eigenvalue weighted by atomic mass is 10.0. The lowest BCUT2D eigenvalue weighted by molar-refractivity contribution is 0.477. The molecule has 0 bridgehead atoms. The molecule has 0 saturated carbocycles. The van der Waals surface area contributed by atoms with Crippen molar-refractivity contribution < 1.29 is 8.81 Å². The fraction of sp³-hybridized carbons (Fsp3) is 0.176. The summed E-state index contributed by atoms with van der Waals surface area (Å²) in [4.78, 5) is 0. The molecule has 0 aliphatic heterocycles. The van der Waals surface area contributed by atoms with E-state index >= 15 is 0 Å². The van der Waals surface area contributed by atoms with Crippen LogP contribution in [0.2, 0.25) is 0 Å². The number of furan rings is 1. The first-order valence-corrected chi connectivity index (χ1v) is 7.64. The van der Waals surface area contributed by atoms with Crippen molar-refractivity contribution in [3.05, 3.63) is 70.1 Å². The number of halogens is 2. The summed E-state index contributed by atoms with van der Waals surface area (Å²) in [5, 5.41) is 4.19. The molecule has 1 unspecified atom stereocenters. The number of hydrogen-bond donors (Lipinski definition) is 1. The van der Waals surface area contributed by atoms with E-state index in [1.165, 1.54) is 12.1 Å². The van der Waals surface area contributed by atoms with Gasteiger partial charge in [-0.3, -0.25) is 0 Å². The van der Waals surface area contributed by atoms with Crippen LogP contribution in [0.4, 0.5) is 4.39 Å². The summed E-state index contributed by atoms with van der Waals surface area (Å²) in [7, 11) is 0. The zero-order chi connectivity index (χ0) is 14.8. The topological polar surface area (TPSA) is 25.2 Å². The monoisotopic (exact) mass is 347 g/mol. The third-order valence-electron chi connectivity index (χ3n) is 3.37. The lowest BCUT2D eigenvalue weighted by Crippen LogP contribution is -2.21. The Kier molecular flexibility index (Phi) is 4.08. The Hall–Kier alpha value is -1.65. The van der Waals surface area contributed by atoms with Crippen LogP contribution >= 0.6 is 15.9 Å². The molecule has 21 heavy (non-hydrogen) atoms. The van der Waals surface area contributed by atoms with Crippen molar-refractivity contribution in [2.75, 3.05) is 6.54 Å². The van der Waals surface area contributed by atoms with Gasteiger partial charge in [-0.1, -0.05) is 35.0 Å². The third kappa shape index (κ3) is 3.01. The van der Waals surface area contributed by atoms with Crippen LogP contribution in [0.15, 0.2) is 57.4 Å². The van der Waals surface area contributed by atoms with Crippen molar-refractivity contribution in [3.8, 4) is 0 Å². The van der Waals surface area contributed by atoms with Gasteiger partial charge in [0.15, 0.2) is 0 Å². The first-order valence-electron chi connectivity index (χ1n) is 6.85. The van der Waals surface area contributed by atoms with E-state index in [4.69, 9.17) is 4.42 Å². The molecule has 4 heteroatoms. The second kappa shape index (κ2) is 6.00. The molecule has 0 aliphatic carbocycles. The minimum atomic E-state index is -0.252. The Balaban J connectivity index is 2.06. The van der Waals surface area contributed by atoms with Crippen LogP contribution < -0.4 is 5.32 Å². The molecule has 0 amide bonds. The van der Waals surface area contributed by atoms with Gasteiger partial charge >= 0.3 is 0 Å². The molecule has 0 aliphatic rings. The van der Waals surface area contributed by atoms with E-state index in [0.29, 0.717) is 5.58 Å². The van der Waals surface area contributed by atoms with Crippen LogP contribution in [0, 0.1) is 5.82 Å². The van der Waals surface area contributed by atoms with Gasteiger partial charge in [-0.2, -0.15) is 0 Å². The molecular weight excluding hydrogens is 333 g/mol. The van der Waals surface area contributed by atoms with Crippen LogP contribution in [0.25, 0.3) is 11.0 Å². The Morgan fingerprint density at radius 3 is 2.81 bits per heavy atom. The summed E-state index contributed by atoms with van der Waals surface area (Å²) in [5.74, 6) is 0.535. The zero-order valence-corrected chi connectivity index (χ0v) is 13.2. The lowest BCUT2D eigenvalue weighted by Gasteiger charge is -2.16. The van der Waals surface area contributed by atoms with Crippen molar-refractivity contribution >= 4 is 26.9 Å². The van der Waals surface area contributed by atoms with Crippen LogP contribution in [0.3, 0.4) is 0 Å². The fourth-order valence-electron chi connectivity index (χ4n) is 2.45. The van der Waals surface area contributed by atoms with Gasteiger partial charge < -0.3 is 9.73 Å². The second-order valence-corrected chi connectivity index (χ2v) is 5.79. The number of fused-ring (bicyclic) bond motifs is 1. The first kappa shape index (κ1) is 14.3. The molecule has 2 nitrogen and oxygen atoms in total. The fourth-order valence-corrected chi connectivity index (χ4v) is 2.87. The van der Waals surface area contributed by atoms with Crippen molar-refractivity contribution in [3.63, 3.8) is 0 Å². The van der Waals surface area contributed by atoms with E-state index in [1.54, 1.807) is 6.07 Å². The number of rotatable bonds is 4. The minimum absolute atomic E-state index is 0.0528. The average molecular weight is 348 g/mol. The molecule has 0 radical (unpaired) electrons. The highest BCUT2D eigenvalue weighted by molar-refractivity contribution is 9.10. The Morgan fingerprint density at radius 1 is 1.19 bits per heavy atom. The maximum atomic E-state index is 13.3. The molecular formula is C17H15BrFNO. The van der Waals surface area contributed by atoms with Crippen LogP contribution in [-0.4, -0.2) is 6.54 Å². The van der Waals surface area contributed by atoms with Gasteiger partial charge in [-0.15, -0.1) is 0 Å². The smallest absolute Gasteiger partial charge is 0.134 e. The normalized spacial score (nSPS) is 12.7. The largest absolute Gasteiger partial charge is 0.459 e. The van der Waals surface area contributed by atoms with E-state index in [2.05, 4.69) is 27.3 Å². The maximum absolute atomic E-state index is 13.3. The molecule has 0 fully saturated rings. The SMILES string of the molecule is CCNC(c1cccc(Br)c1)c1cc2cc(F)ccc2o1. The maximum Gasteiger partial charge on any atom is 0.134 e. The number of hydrogen-bond acceptors (Lipinski definition) is 2. The molecule has 1 aromatic heterocycles. The minimum Gasteiger partial charge on any atom is -0.459 e. The molecule has 0 saturated heterocycles. The van der Waals surface area contributed by atoms with Gasteiger partial charge in [0.05, 0.1) is 6.04 Å².